The number of anilines is 1. The topological polar surface area (TPSA) is 60.2 Å². The van der Waals surface area contributed by atoms with Gasteiger partial charge in [-0.3, -0.25) is 9.78 Å². The average Bonchev–Trinajstić information content (AvgIpc) is 3.03. The summed E-state index contributed by atoms with van der Waals surface area (Å²) in [5.41, 5.74) is 1.09. The van der Waals surface area contributed by atoms with Crippen LogP contribution in [0.15, 0.2) is 30.7 Å². The van der Waals surface area contributed by atoms with Gasteiger partial charge in [0.15, 0.2) is 5.15 Å². The van der Waals surface area contributed by atoms with Gasteiger partial charge in [0, 0.05) is 37.8 Å². The molecule has 2 heterocycles. The summed E-state index contributed by atoms with van der Waals surface area (Å²) in [6, 6.07) is 3.54. The van der Waals surface area contributed by atoms with Crippen molar-refractivity contribution in [3.63, 3.8) is 0 Å². The van der Waals surface area contributed by atoms with Gasteiger partial charge in [0.2, 0.25) is 5.91 Å². The molecule has 0 saturated heterocycles. The highest BCUT2D eigenvalue weighted by Gasteiger charge is 2.26. The molecule has 0 atom stereocenters. The molecule has 2 rings (SSSR count). The van der Waals surface area contributed by atoms with Gasteiger partial charge in [-0.2, -0.15) is 30.0 Å². The maximum absolute atomic E-state index is 12.6. The number of carbonyl (C=O) groups is 1. The van der Waals surface area contributed by atoms with Crippen LogP contribution in [0.5, 0.6) is 0 Å². The first-order valence-electron chi connectivity index (χ1n) is 8.41. The van der Waals surface area contributed by atoms with E-state index in [9.17, 15) is 18.0 Å². The number of alkyl halides is 3. The molecule has 0 aliphatic rings. The largest absolute Gasteiger partial charge is 0.389 e. The lowest BCUT2D eigenvalue weighted by atomic mass is 10.3. The van der Waals surface area contributed by atoms with E-state index in [1.165, 1.54) is 16.7 Å². The monoisotopic (exact) mass is 436 g/mol. The fourth-order valence-electron chi connectivity index (χ4n) is 2.29. The zero-order chi connectivity index (χ0) is 20.6. The number of methoxy groups -OCH3 is 1. The van der Waals surface area contributed by atoms with Crippen LogP contribution in [0.2, 0.25) is 5.15 Å². The number of rotatable bonds is 10. The minimum Gasteiger partial charge on any atom is -0.383 e. The van der Waals surface area contributed by atoms with Crippen molar-refractivity contribution in [3.05, 3.63) is 35.9 Å². The Bertz CT molecular complexity index is 759. The highest BCUT2D eigenvalue weighted by atomic mass is 35.5. The minimum atomic E-state index is -4.18. The number of ether oxygens (including phenoxy) is 1. The second-order valence-corrected chi connectivity index (χ2v) is 7.31. The highest BCUT2D eigenvalue weighted by molar-refractivity contribution is 7.99. The molecule has 2 aromatic heterocycles. The molecular weight excluding hydrogens is 417 g/mol. The van der Waals surface area contributed by atoms with Crippen LogP contribution in [-0.4, -0.2) is 58.6 Å². The number of hydrogen-bond acceptors (Lipinski definition) is 5. The van der Waals surface area contributed by atoms with Crippen molar-refractivity contribution >= 4 is 35.0 Å². The Labute approximate surface area is 170 Å². The van der Waals surface area contributed by atoms with Crippen molar-refractivity contribution < 1.29 is 22.7 Å². The third-order valence-electron chi connectivity index (χ3n) is 3.66. The molecule has 11 heteroatoms. The van der Waals surface area contributed by atoms with Crippen LogP contribution in [0.1, 0.15) is 12.8 Å². The zero-order valence-electron chi connectivity index (χ0n) is 15.2. The van der Waals surface area contributed by atoms with E-state index < -0.39 is 12.6 Å². The zero-order valence-corrected chi connectivity index (χ0v) is 16.7. The van der Waals surface area contributed by atoms with Gasteiger partial charge in [0.05, 0.1) is 31.1 Å². The molecule has 0 aliphatic carbocycles. The number of nitrogens with zero attached hydrogens (tertiary/aromatic N) is 4. The maximum Gasteiger partial charge on any atom is 0.389 e. The molecule has 154 valence electrons. The van der Waals surface area contributed by atoms with E-state index in [1.54, 1.807) is 30.7 Å². The van der Waals surface area contributed by atoms with E-state index in [0.29, 0.717) is 11.4 Å². The van der Waals surface area contributed by atoms with Crippen LogP contribution in [0.3, 0.4) is 0 Å². The van der Waals surface area contributed by atoms with E-state index in [-0.39, 0.29) is 42.1 Å². The second-order valence-electron chi connectivity index (χ2n) is 5.73. The molecule has 0 N–H and O–H groups in total. The van der Waals surface area contributed by atoms with Crippen molar-refractivity contribution in [3.8, 4) is 5.69 Å². The quantitative estimate of drug-likeness (QED) is 0.527. The number of aromatic nitrogens is 3. The molecule has 1 amide bonds. The normalized spacial score (nSPS) is 11.6. The van der Waals surface area contributed by atoms with Crippen molar-refractivity contribution in [2.75, 3.05) is 36.7 Å². The van der Waals surface area contributed by atoms with Crippen molar-refractivity contribution in [1.29, 1.82) is 0 Å². The Hall–Kier alpha value is -1.78. The van der Waals surface area contributed by atoms with Crippen LogP contribution in [0.4, 0.5) is 18.9 Å². The molecule has 0 aliphatic heterocycles. The van der Waals surface area contributed by atoms with Crippen molar-refractivity contribution in [2.45, 2.75) is 19.0 Å². The lowest BCUT2D eigenvalue weighted by molar-refractivity contribution is -0.129. The number of hydrogen-bond donors (Lipinski definition) is 0. The van der Waals surface area contributed by atoms with Crippen LogP contribution in [-0.2, 0) is 9.53 Å². The van der Waals surface area contributed by atoms with Gasteiger partial charge >= 0.3 is 6.18 Å². The predicted molar refractivity (Wildman–Crippen MR) is 103 cm³/mol. The standard InChI is InChI=1S/C17H20ClF3N4O2S/c1-27-8-7-24(15(26)4-9-28-10-5-17(19,20)21)14-12-25(23-16(14)18)13-3-2-6-22-11-13/h2-3,6,11-12H,4-5,7-10H2,1H3. The number of pyridine rings is 1. The van der Waals surface area contributed by atoms with Crippen LogP contribution < -0.4 is 4.90 Å². The third-order valence-corrected chi connectivity index (χ3v) is 4.92. The van der Waals surface area contributed by atoms with E-state index >= 15 is 0 Å². The van der Waals surface area contributed by atoms with Crippen LogP contribution in [0, 0.1) is 0 Å². The first-order valence-corrected chi connectivity index (χ1v) is 9.94. The molecule has 0 aromatic carbocycles. The predicted octanol–water partition coefficient (Wildman–Crippen LogP) is 3.98. The van der Waals surface area contributed by atoms with E-state index in [2.05, 4.69) is 10.1 Å². The molecule has 28 heavy (non-hydrogen) atoms. The molecule has 0 bridgehead atoms. The van der Waals surface area contributed by atoms with Gasteiger partial charge in [-0.1, -0.05) is 11.6 Å². The lowest BCUT2D eigenvalue weighted by Gasteiger charge is -2.21. The molecule has 0 saturated carbocycles. The number of amides is 1. The Morgan fingerprint density at radius 1 is 1.39 bits per heavy atom. The number of halogens is 4. The van der Waals surface area contributed by atoms with Gasteiger partial charge in [-0.05, 0) is 12.1 Å². The number of thioether (sulfide) groups is 1. The minimum absolute atomic E-state index is 0.0749. The Morgan fingerprint density at radius 3 is 2.82 bits per heavy atom. The van der Waals surface area contributed by atoms with E-state index in [0.717, 1.165) is 11.8 Å². The Kier molecular flexibility index (Phi) is 8.58. The summed E-state index contributed by atoms with van der Waals surface area (Å²) < 4.78 is 43.1. The summed E-state index contributed by atoms with van der Waals surface area (Å²) in [4.78, 5) is 18.1. The SMILES string of the molecule is COCCN(C(=O)CCSCCC(F)(F)F)c1cn(-c2cccnc2)nc1Cl. The first-order chi connectivity index (χ1) is 13.3. The van der Waals surface area contributed by atoms with Gasteiger partial charge in [0.1, 0.15) is 5.69 Å². The summed E-state index contributed by atoms with van der Waals surface area (Å²) in [5.74, 6) is -0.0504. The first kappa shape index (κ1) is 22.5. The summed E-state index contributed by atoms with van der Waals surface area (Å²) in [6.45, 7) is 0.530. The molecule has 6 nitrogen and oxygen atoms in total. The van der Waals surface area contributed by atoms with Gasteiger partial charge in [-0.25, -0.2) is 4.68 Å². The third kappa shape index (κ3) is 6.99. The molecule has 0 fully saturated rings. The van der Waals surface area contributed by atoms with Gasteiger partial charge < -0.3 is 9.64 Å². The molecule has 0 radical (unpaired) electrons. The summed E-state index contributed by atoms with van der Waals surface area (Å²) in [5, 5.41) is 4.34. The molecule has 0 unspecified atom stereocenters. The summed E-state index contributed by atoms with van der Waals surface area (Å²) in [7, 11) is 1.51. The van der Waals surface area contributed by atoms with Crippen LogP contribution >= 0.6 is 23.4 Å². The van der Waals surface area contributed by atoms with Gasteiger partial charge in [-0.15, -0.1) is 0 Å². The fourth-order valence-corrected chi connectivity index (χ4v) is 3.42. The Balaban J connectivity index is 2.04. The van der Waals surface area contributed by atoms with Gasteiger partial charge in [0.25, 0.3) is 0 Å². The average molecular weight is 437 g/mol. The smallest absolute Gasteiger partial charge is 0.383 e. The highest BCUT2D eigenvalue weighted by Crippen LogP contribution is 2.27. The summed E-state index contributed by atoms with van der Waals surface area (Å²) >= 11 is 7.32. The second kappa shape index (κ2) is 10.7. The Morgan fingerprint density at radius 2 is 2.18 bits per heavy atom. The van der Waals surface area contributed by atoms with Crippen molar-refractivity contribution in [2.24, 2.45) is 0 Å². The number of carbonyl (C=O) groups excluding carboxylic acids is 1. The fraction of sp³-hybridized carbons (Fsp3) is 0.471. The van der Waals surface area contributed by atoms with Crippen molar-refractivity contribution in [1.82, 2.24) is 14.8 Å². The molecule has 2 aromatic rings. The molecular formula is C17H20ClF3N4O2S. The molecule has 0 spiro atoms. The lowest BCUT2D eigenvalue weighted by Crippen LogP contribution is -2.34. The van der Waals surface area contributed by atoms with E-state index in [1.807, 2.05) is 0 Å². The maximum atomic E-state index is 12.6. The summed E-state index contributed by atoms with van der Waals surface area (Å²) in [6.07, 6.45) is -0.130. The van der Waals surface area contributed by atoms with Crippen LogP contribution in [0.25, 0.3) is 5.69 Å². The van der Waals surface area contributed by atoms with E-state index in [4.69, 9.17) is 16.3 Å².